The molecule has 0 aromatic heterocycles. The third-order valence-electron chi connectivity index (χ3n) is 4.10. The van der Waals surface area contributed by atoms with Gasteiger partial charge in [-0.2, -0.15) is 0 Å². The number of rotatable bonds is 5. The lowest BCUT2D eigenvalue weighted by atomic mass is 10.1. The number of fused-ring (bicyclic) bond motifs is 1. The zero-order valence-corrected chi connectivity index (χ0v) is 19.7. The highest BCUT2D eigenvalue weighted by molar-refractivity contribution is 7.98. The Kier molecular flexibility index (Phi) is 10.8. The standard InChI is InChI=1S/C19H21ClFNOS.2C2H6/c1-12(2)23-15-4-5-18-13(8-15)6-7-22(18)11-14-9-17(21)19(24-3)10-16(14)20;2*1-2/h4-5,8-10,12H,6-7,11H2,1-3H3;2*1-2H3. The Balaban J connectivity index is 0.000000921. The van der Waals surface area contributed by atoms with Crippen LogP contribution in [0.5, 0.6) is 5.75 Å². The van der Waals surface area contributed by atoms with Crippen LogP contribution in [0.25, 0.3) is 0 Å². The molecule has 0 fully saturated rings. The second-order valence-corrected chi connectivity index (χ2v) is 7.46. The Morgan fingerprint density at radius 3 is 2.43 bits per heavy atom. The van der Waals surface area contributed by atoms with Crippen molar-refractivity contribution in [3.05, 3.63) is 52.3 Å². The molecule has 0 amide bonds. The molecule has 0 radical (unpaired) electrons. The summed E-state index contributed by atoms with van der Waals surface area (Å²) in [6, 6.07) is 9.46. The fourth-order valence-corrected chi connectivity index (χ4v) is 3.79. The maximum absolute atomic E-state index is 14.1. The quantitative estimate of drug-likeness (QED) is 0.457. The third kappa shape index (κ3) is 6.31. The second kappa shape index (κ2) is 12.2. The molecule has 0 atom stereocenters. The molecule has 3 rings (SSSR count). The van der Waals surface area contributed by atoms with E-state index in [1.165, 1.54) is 23.0 Å². The van der Waals surface area contributed by atoms with Gasteiger partial charge in [0.25, 0.3) is 0 Å². The van der Waals surface area contributed by atoms with Crippen molar-refractivity contribution < 1.29 is 9.13 Å². The van der Waals surface area contributed by atoms with Crippen LogP contribution < -0.4 is 9.64 Å². The van der Waals surface area contributed by atoms with Crippen LogP contribution in [0.3, 0.4) is 0 Å². The van der Waals surface area contributed by atoms with E-state index in [0.717, 1.165) is 24.3 Å². The lowest BCUT2D eigenvalue weighted by Crippen LogP contribution is -2.20. The van der Waals surface area contributed by atoms with Gasteiger partial charge in [-0.1, -0.05) is 39.3 Å². The van der Waals surface area contributed by atoms with E-state index in [0.29, 0.717) is 16.5 Å². The average Bonchev–Trinajstić information content (AvgIpc) is 3.09. The molecule has 1 aliphatic rings. The Morgan fingerprint density at radius 2 is 1.82 bits per heavy atom. The lowest BCUT2D eigenvalue weighted by molar-refractivity contribution is 0.242. The molecular formula is C23H33ClFNOS. The van der Waals surface area contributed by atoms with Crippen LogP contribution in [0, 0.1) is 5.82 Å². The van der Waals surface area contributed by atoms with E-state index in [1.807, 2.05) is 53.9 Å². The minimum atomic E-state index is -0.206. The van der Waals surface area contributed by atoms with Crippen molar-refractivity contribution in [2.45, 2.75) is 65.5 Å². The number of benzene rings is 2. The van der Waals surface area contributed by atoms with Crippen LogP contribution in [0.1, 0.15) is 52.7 Å². The van der Waals surface area contributed by atoms with Gasteiger partial charge in [-0.25, -0.2) is 4.39 Å². The molecule has 2 nitrogen and oxygen atoms in total. The molecule has 1 heterocycles. The topological polar surface area (TPSA) is 12.5 Å². The Labute approximate surface area is 179 Å². The molecule has 0 aliphatic carbocycles. The van der Waals surface area contributed by atoms with Gasteiger partial charge in [0.05, 0.1) is 6.10 Å². The predicted octanol–water partition coefficient (Wildman–Crippen LogP) is 7.60. The number of nitrogens with zero attached hydrogens (tertiary/aromatic N) is 1. The molecule has 28 heavy (non-hydrogen) atoms. The van der Waals surface area contributed by atoms with Gasteiger partial charge in [0.2, 0.25) is 0 Å². The number of halogens is 2. The van der Waals surface area contributed by atoms with Gasteiger partial charge in [0.1, 0.15) is 11.6 Å². The largest absolute Gasteiger partial charge is 0.491 e. The van der Waals surface area contributed by atoms with Crippen LogP contribution >= 0.6 is 23.4 Å². The molecule has 2 aromatic carbocycles. The van der Waals surface area contributed by atoms with Gasteiger partial charge >= 0.3 is 0 Å². The van der Waals surface area contributed by atoms with Gasteiger partial charge in [-0.3, -0.25) is 0 Å². The monoisotopic (exact) mass is 425 g/mol. The molecule has 0 N–H and O–H groups in total. The molecule has 0 saturated heterocycles. The van der Waals surface area contributed by atoms with Crippen LogP contribution in [-0.4, -0.2) is 18.9 Å². The maximum atomic E-state index is 14.1. The van der Waals surface area contributed by atoms with Crippen molar-refractivity contribution in [3.63, 3.8) is 0 Å². The summed E-state index contributed by atoms with van der Waals surface area (Å²) in [4.78, 5) is 2.83. The average molecular weight is 426 g/mol. The highest BCUT2D eigenvalue weighted by atomic mass is 35.5. The van der Waals surface area contributed by atoms with Crippen LogP contribution in [0.2, 0.25) is 5.02 Å². The molecule has 2 aromatic rings. The summed E-state index contributed by atoms with van der Waals surface area (Å²) in [5.41, 5.74) is 3.27. The minimum Gasteiger partial charge on any atom is -0.491 e. The van der Waals surface area contributed by atoms with E-state index in [9.17, 15) is 4.39 Å². The van der Waals surface area contributed by atoms with Gasteiger partial charge in [-0.05, 0) is 68.0 Å². The van der Waals surface area contributed by atoms with E-state index in [-0.39, 0.29) is 11.9 Å². The first-order valence-electron chi connectivity index (χ1n) is 10.0. The summed E-state index contributed by atoms with van der Waals surface area (Å²) in [5, 5.41) is 0.619. The zero-order valence-electron chi connectivity index (χ0n) is 18.1. The summed E-state index contributed by atoms with van der Waals surface area (Å²) >= 11 is 7.71. The summed E-state index contributed by atoms with van der Waals surface area (Å²) in [7, 11) is 0. The molecular weight excluding hydrogens is 393 g/mol. The van der Waals surface area contributed by atoms with Gasteiger partial charge in [0.15, 0.2) is 0 Å². The Bertz CT molecular complexity index is 752. The molecule has 5 heteroatoms. The number of hydrogen-bond acceptors (Lipinski definition) is 3. The van der Waals surface area contributed by atoms with Crippen LogP contribution in [0.15, 0.2) is 35.2 Å². The molecule has 0 spiro atoms. The van der Waals surface area contributed by atoms with Gasteiger partial charge < -0.3 is 9.64 Å². The van der Waals surface area contributed by atoms with Crippen molar-refractivity contribution in [2.75, 3.05) is 17.7 Å². The maximum Gasteiger partial charge on any atom is 0.137 e. The first kappa shape index (κ1) is 24.6. The summed E-state index contributed by atoms with van der Waals surface area (Å²) in [6.45, 7) is 13.6. The lowest BCUT2D eigenvalue weighted by Gasteiger charge is -2.21. The Morgan fingerprint density at radius 1 is 1.14 bits per heavy atom. The van der Waals surface area contributed by atoms with Crippen molar-refractivity contribution in [1.29, 1.82) is 0 Å². The molecule has 0 saturated carbocycles. The Hall–Kier alpha value is -1.39. The van der Waals surface area contributed by atoms with Crippen LogP contribution in [0.4, 0.5) is 10.1 Å². The van der Waals surface area contributed by atoms with Crippen molar-refractivity contribution >= 4 is 29.1 Å². The molecule has 1 aliphatic heterocycles. The van der Waals surface area contributed by atoms with Crippen molar-refractivity contribution in [2.24, 2.45) is 0 Å². The molecule has 0 unspecified atom stereocenters. The fourth-order valence-electron chi connectivity index (χ4n) is 3.01. The summed E-state index contributed by atoms with van der Waals surface area (Å²) in [5.74, 6) is 0.695. The second-order valence-electron chi connectivity index (χ2n) is 6.21. The highest BCUT2D eigenvalue weighted by Gasteiger charge is 2.21. The number of thioether (sulfide) groups is 1. The minimum absolute atomic E-state index is 0.164. The molecule has 156 valence electrons. The first-order chi connectivity index (χ1) is 13.5. The number of anilines is 1. The third-order valence-corrected chi connectivity index (χ3v) is 5.20. The van der Waals surface area contributed by atoms with Crippen molar-refractivity contribution in [3.8, 4) is 5.75 Å². The first-order valence-corrected chi connectivity index (χ1v) is 11.6. The predicted molar refractivity (Wildman–Crippen MR) is 123 cm³/mol. The van der Waals surface area contributed by atoms with Gasteiger partial charge in [-0.15, -0.1) is 11.8 Å². The summed E-state index contributed by atoms with van der Waals surface area (Å²) in [6.07, 6.45) is 2.98. The number of ether oxygens (including phenoxy) is 1. The van der Waals surface area contributed by atoms with Crippen molar-refractivity contribution in [1.82, 2.24) is 0 Å². The van der Waals surface area contributed by atoms with E-state index in [4.69, 9.17) is 16.3 Å². The smallest absolute Gasteiger partial charge is 0.137 e. The van der Waals surface area contributed by atoms with E-state index in [2.05, 4.69) is 17.0 Å². The molecule has 0 bridgehead atoms. The number of hydrogen-bond donors (Lipinski definition) is 0. The van der Waals surface area contributed by atoms with Crippen LogP contribution in [-0.2, 0) is 13.0 Å². The SMILES string of the molecule is CC.CC.CSc1cc(Cl)c(CN2CCc3cc(OC(C)C)ccc32)cc1F. The zero-order chi connectivity index (χ0) is 21.3. The normalized spacial score (nSPS) is 12.0. The highest BCUT2D eigenvalue weighted by Crippen LogP contribution is 2.34. The fraction of sp³-hybridized carbons (Fsp3) is 0.478. The van der Waals surface area contributed by atoms with E-state index < -0.39 is 0 Å². The van der Waals surface area contributed by atoms with E-state index in [1.54, 1.807) is 12.1 Å². The summed E-state index contributed by atoms with van der Waals surface area (Å²) < 4.78 is 19.8. The van der Waals surface area contributed by atoms with E-state index >= 15 is 0 Å². The van der Waals surface area contributed by atoms with Gasteiger partial charge in [0, 0.05) is 28.7 Å².